The van der Waals surface area contributed by atoms with Gasteiger partial charge in [-0.25, -0.2) is 4.99 Å². The van der Waals surface area contributed by atoms with Crippen molar-refractivity contribution in [3.8, 4) is 5.75 Å². The first kappa shape index (κ1) is 22.7. The first-order chi connectivity index (χ1) is 15.2. The van der Waals surface area contributed by atoms with Gasteiger partial charge in [-0.15, -0.1) is 0 Å². The molecule has 2 aromatic carbocycles. The SMILES string of the molecule is CCNC(=NCc1ccc(NCCOC)cc1)N1CCN(c2ccccc2OC)CC1. The number of anilines is 2. The first-order valence-corrected chi connectivity index (χ1v) is 11.0. The van der Waals surface area contributed by atoms with E-state index in [1.54, 1.807) is 14.2 Å². The highest BCUT2D eigenvalue weighted by molar-refractivity contribution is 5.80. The molecule has 1 aliphatic rings. The van der Waals surface area contributed by atoms with Crippen molar-refractivity contribution in [3.05, 3.63) is 54.1 Å². The molecule has 0 amide bonds. The molecule has 0 aliphatic carbocycles. The van der Waals surface area contributed by atoms with Crippen molar-refractivity contribution in [2.75, 3.05) is 70.3 Å². The van der Waals surface area contributed by atoms with Crippen LogP contribution in [-0.2, 0) is 11.3 Å². The number of para-hydroxylation sites is 2. The molecule has 0 spiro atoms. The van der Waals surface area contributed by atoms with E-state index in [-0.39, 0.29) is 0 Å². The molecule has 2 N–H and O–H groups in total. The number of benzene rings is 2. The summed E-state index contributed by atoms with van der Waals surface area (Å²) in [6.45, 7) is 8.85. The van der Waals surface area contributed by atoms with Crippen LogP contribution in [0, 0.1) is 0 Å². The summed E-state index contributed by atoms with van der Waals surface area (Å²) in [6, 6.07) is 16.7. The van der Waals surface area contributed by atoms with Crippen molar-refractivity contribution in [3.63, 3.8) is 0 Å². The third-order valence-electron chi connectivity index (χ3n) is 5.34. The third-order valence-corrected chi connectivity index (χ3v) is 5.34. The molecule has 1 aliphatic heterocycles. The quantitative estimate of drug-likeness (QED) is 0.366. The van der Waals surface area contributed by atoms with Crippen molar-refractivity contribution < 1.29 is 9.47 Å². The van der Waals surface area contributed by atoms with Gasteiger partial charge in [0.1, 0.15) is 5.75 Å². The van der Waals surface area contributed by atoms with E-state index in [2.05, 4.69) is 63.8 Å². The van der Waals surface area contributed by atoms with Crippen LogP contribution in [-0.4, -0.2) is 71.0 Å². The van der Waals surface area contributed by atoms with Gasteiger partial charge < -0.3 is 29.9 Å². The third kappa shape index (κ3) is 6.52. The second-order valence-corrected chi connectivity index (χ2v) is 7.43. The number of nitrogens with zero attached hydrogens (tertiary/aromatic N) is 3. The molecule has 3 rings (SSSR count). The van der Waals surface area contributed by atoms with Gasteiger partial charge in [-0.05, 0) is 36.8 Å². The molecule has 2 aromatic rings. The van der Waals surface area contributed by atoms with Gasteiger partial charge in [0.2, 0.25) is 0 Å². The standard InChI is InChI=1S/C24H35N5O2/c1-4-25-24(27-19-20-9-11-21(12-10-20)26-13-18-30-2)29-16-14-28(15-17-29)22-7-5-6-8-23(22)31-3/h5-12,26H,4,13-19H2,1-3H3,(H,25,27). The Morgan fingerprint density at radius 3 is 2.42 bits per heavy atom. The van der Waals surface area contributed by atoms with E-state index in [4.69, 9.17) is 14.5 Å². The van der Waals surface area contributed by atoms with Gasteiger partial charge in [0.05, 0.1) is 25.9 Å². The van der Waals surface area contributed by atoms with E-state index >= 15 is 0 Å². The van der Waals surface area contributed by atoms with Gasteiger partial charge in [-0.3, -0.25) is 0 Å². The molecule has 0 aromatic heterocycles. The molecule has 0 bridgehead atoms. The smallest absolute Gasteiger partial charge is 0.194 e. The van der Waals surface area contributed by atoms with E-state index in [1.165, 1.54) is 5.56 Å². The van der Waals surface area contributed by atoms with Gasteiger partial charge in [-0.1, -0.05) is 24.3 Å². The van der Waals surface area contributed by atoms with Crippen molar-refractivity contribution in [1.82, 2.24) is 10.2 Å². The minimum absolute atomic E-state index is 0.660. The van der Waals surface area contributed by atoms with Crippen LogP contribution in [0.25, 0.3) is 0 Å². The van der Waals surface area contributed by atoms with Crippen molar-refractivity contribution >= 4 is 17.3 Å². The van der Waals surface area contributed by atoms with Crippen LogP contribution in [0.2, 0.25) is 0 Å². The lowest BCUT2D eigenvalue weighted by molar-refractivity contribution is 0.211. The molecule has 0 radical (unpaired) electrons. The van der Waals surface area contributed by atoms with E-state index in [9.17, 15) is 0 Å². The molecule has 0 atom stereocenters. The summed E-state index contributed by atoms with van der Waals surface area (Å²) in [5, 5.41) is 6.79. The van der Waals surface area contributed by atoms with Crippen LogP contribution < -0.4 is 20.3 Å². The number of aliphatic imine (C=N–C) groups is 1. The normalized spacial score (nSPS) is 14.5. The van der Waals surface area contributed by atoms with Gasteiger partial charge in [-0.2, -0.15) is 0 Å². The molecular weight excluding hydrogens is 390 g/mol. The second-order valence-electron chi connectivity index (χ2n) is 7.43. The highest BCUT2D eigenvalue weighted by Gasteiger charge is 2.21. The first-order valence-electron chi connectivity index (χ1n) is 11.0. The zero-order valence-corrected chi connectivity index (χ0v) is 18.9. The van der Waals surface area contributed by atoms with Crippen LogP contribution in [0.4, 0.5) is 11.4 Å². The number of piperazine rings is 1. The molecule has 1 fully saturated rings. The largest absolute Gasteiger partial charge is 0.495 e. The fourth-order valence-corrected chi connectivity index (χ4v) is 3.67. The summed E-state index contributed by atoms with van der Waals surface area (Å²) < 4.78 is 10.6. The minimum Gasteiger partial charge on any atom is -0.495 e. The number of rotatable bonds is 9. The summed E-state index contributed by atoms with van der Waals surface area (Å²) in [4.78, 5) is 9.62. The number of ether oxygens (including phenoxy) is 2. The lowest BCUT2D eigenvalue weighted by atomic mass is 10.2. The highest BCUT2D eigenvalue weighted by atomic mass is 16.5. The molecule has 7 heteroatoms. The zero-order chi connectivity index (χ0) is 21.9. The summed E-state index contributed by atoms with van der Waals surface area (Å²) in [6.07, 6.45) is 0. The fourth-order valence-electron chi connectivity index (χ4n) is 3.67. The predicted octanol–water partition coefficient (Wildman–Crippen LogP) is 3.04. The lowest BCUT2D eigenvalue weighted by Crippen LogP contribution is -2.52. The molecule has 1 saturated heterocycles. The Bertz CT molecular complexity index is 817. The van der Waals surface area contributed by atoms with Crippen LogP contribution >= 0.6 is 0 Å². The monoisotopic (exact) mass is 425 g/mol. The summed E-state index contributed by atoms with van der Waals surface area (Å²) >= 11 is 0. The van der Waals surface area contributed by atoms with Crippen LogP contribution in [0.5, 0.6) is 5.75 Å². The molecule has 7 nitrogen and oxygen atoms in total. The van der Waals surface area contributed by atoms with Crippen LogP contribution in [0.1, 0.15) is 12.5 Å². The van der Waals surface area contributed by atoms with E-state index < -0.39 is 0 Å². The van der Waals surface area contributed by atoms with Gasteiger partial charge in [0.15, 0.2) is 5.96 Å². The molecule has 168 valence electrons. The Labute approximate surface area is 186 Å². The molecule has 0 saturated carbocycles. The van der Waals surface area contributed by atoms with Gasteiger partial charge in [0.25, 0.3) is 0 Å². The van der Waals surface area contributed by atoms with Crippen LogP contribution in [0.3, 0.4) is 0 Å². The van der Waals surface area contributed by atoms with E-state index in [0.717, 1.165) is 62.4 Å². The number of nitrogens with one attached hydrogen (secondary N) is 2. The zero-order valence-electron chi connectivity index (χ0n) is 18.9. The second kappa shape index (κ2) is 12.1. The lowest BCUT2D eigenvalue weighted by Gasteiger charge is -2.38. The minimum atomic E-state index is 0.660. The number of guanidine groups is 1. The average Bonchev–Trinajstić information content (AvgIpc) is 2.83. The van der Waals surface area contributed by atoms with Crippen molar-refractivity contribution in [1.29, 1.82) is 0 Å². The maximum Gasteiger partial charge on any atom is 0.194 e. The van der Waals surface area contributed by atoms with Gasteiger partial charge >= 0.3 is 0 Å². The maximum atomic E-state index is 5.53. The van der Waals surface area contributed by atoms with E-state index in [0.29, 0.717) is 13.2 Å². The summed E-state index contributed by atoms with van der Waals surface area (Å²) in [5.74, 6) is 1.90. The Balaban J connectivity index is 1.57. The predicted molar refractivity (Wildman–Crippen MR) is 128 cm³/mol. The molecular formula is C24H35N5O2. The van der Waals surface area contributed by atoms with E-state index in [1.807, 2.05) is 12.1 Å². The maximum absolute atomic E-state index is 5.53. The Morgan fingerprint density at radius 1 is 1.00 bits per heavy atom. The molecule has 31 heavy (non-hydrogen) atoms. The fraction of sp³-hybridized carbons (Fsp3) is 0.458. The van der Waals surface area contributed by atoms with Crippen LogP contribution in [0.15, 0.2) is 53.5 Å². The Morgan fingerprint density at radius 2 is 1.74 bits per heavy atom. The number of hydrogen-bond donors (Lipinski definition) is 2. The average molecular weight is 426 g/mol. The number of methoxy groups -OCH3 is 2. The topological polar surface area (TPSA) is 61.4 Å². The Hall–Kier alpha value is -2.93. The van der Waals surface area contributed by atoms with Crippen molar-refractivity contribution in [2.45, 2.75) is 13.5 Å². The van der Waals surface area contributed by atoms with Crippen molar-refractivity contribution in [2.24, 2.45) is 4.99 Å². The molecule has 0 unspecified atom stereocenters. The number of hydrogen-bond acceptors (Lipinski definition) is 5. The highest BCUT2D eigenvalue weighted by Crippen LogP contribution is 2.28. The summed E-state index contributed by atoms with van der Waals surface area (Å²) in [5.41, 5.74) is 3.45. The Kier molecular flexibility index (Phi) is 8.84. The van der Waals surface area contributed by atoms with Gasteiger partial charge in [0, 0.05) is 52.1 Å². The summed E-state index contributed by atoms with van der Waals surface area (Å²) in [7, 11) is 3.44. The molecule has 1 heterocycles.